The lowest BCUT2D eigenvalue weighted by Crippen LogP contribution is -2.41. The fraction of sp³-hybridized carbons (Fsp3) is 0.576. The van der Waals surface area contributed by atoms with Gasteiger partial charge in [0, 0.05) is 36.6 Å². The maximum absolute atomic E-state index is 13.6. The number of likely N-dealkylation sites (tertiary alicyclic amines) is 1. The first-order valence-corrected chi connectivity index (χ1v) is 14.8. The second-order valence-electron chi connectivity index (χ2n) is 12.4. The number of alkyl carbamates (subject to hydrolysis) is 1. The molecule has 1 aliphatic heterocycles. The van der Waals surface area contributed by atoms with Gasteiger partial charge in [0.2, 0.25) is 5.91 Å². The van der Waals surface area contributed by atoms with Crippen molar-refractivity contribution in [2.24, 2.45) is 11.8 Å². The second kappa shape index (κ2) is 14.0. The number of aryl methyl sites for hydroxylation is 2. The molecule has 1 aromatic heterocycles. The van der Waals surface area contributed by atoms with Gasteiger partial charge in [0.25, 0.3) is 0 Å². The number of carbonyl (C=O) groups is 3. The Hall–Kier alpha value is -3.42. The number of nitrogens with zero attached hydrogens (tertiary/aromatic N) is 2. The van der Waals surface area contributed by atoms with Gasteiger partial charge in [0.15, 0.2) is 0 Å². The summed E-state index contributed by atoms with van der Waals surface area (Å²) in [5, 5.41) is 2.94. The Morgan fingerprint density at radius 2 is 1.68 bits per heavy atom. The minimum absolute atomic E-state index is 0.00762. The number of benzene rings is 1. The zero-order valence-corrected chi connectivity index (χ0v) is 26.1. The number of pyridine rings is 1. The Morgan fingerprint density at radius 1 is 1.05 bits per heavy atom. The molecule has 41 heavy (non-hydrogen) atoms. The normalized spacial score (nSPS) is 14.2. The Balaban J connectivity index is 2.00. The third kappa shape index (κ3) is 9.03. The molecular formula is C33H47N3O5. The number of nitrogens with one attached hydrogen (secondary N) is 1. The topological polar surface area (TPSA) is 97.8 Å². The standard InChI is InChI=1S/C33H47N3O5/c1-9-40-31(38)25-14-16-36(17-15-25)29(37)19-26-23(5)35-28(18-21(2)3)27(20-34-32(39)41-33(6,7)8)30(26)24-12-10-22(4)11-13-24/h10-13,21,25H,9,14-20H2,1-8H3,(H,34,39). The van der Waals surface area contributed by atoms with Gasteiger partial charge in [-0.05, 0) is 83.4 Å². The molecular weight excluding hydrogens is 518 g/mol. The Labute approximate surface area is 245 Å². The summed E-state index contributed by atoms with van der Waals surface area (Å²) < 4.78 is 10.7. The predicted octanol–water partition coefficient (Wildman–Crippen LogP) is 5.93. The summed E-state index contributed by atoms with van der Waals surface area (Å²) in [6.45, 7) is 17.2. The van der Waals surface area contributed by atoms with Gasteiger partial charge in [-0.1, -0.05) is 43.7 Å². The highest BCUT2D eigenvalue weighted by molar-refractivity contribution is 5.84. The van der Waals surface area contributed by atoms with E-state index in [2.05, 4.69) is 43.4 Å². The first kappa shape index (κ1) is 32.1. The van der Waals surface area contributed by atoms with Crippen molar-refractivity contribution in [3.63, 3.8) is 0 Å². The van der Waals surface area contributed by atoms with Gasteiger partial charge in [-0.2, -0.15) is 0 Å². The van der Waals surface area contributed by atoms with Crippen LogP contribution >= 0.6 is 0 Å². The van der Waals surface area contributed by atoms with E-state index < -0.39 is 11.7 Å². The van der Waals surface area contributed by atoms with Gasteiger partial charge >= 0.3 is 12.1 Å². The Kier molecular flexibility index (Phi) is 10.9. The highest BCUT2D eigenvalue weighted by Gasteiger charge is 2.30. The van der Waals surface area contributed by atoms with Crippen LogP contribution in [0.4, 0.5) is 4.79 Å². The lowest BCUT2D eigenvalue weighted by Gasteiger charge is -2.31. The number of hydrogen-bond acceptors (Lipinski definition) is 6. The van der Waals surface area contributed by atoms with Crippen molar-refractivity contribution in [2.45, 2.75) is 93.2 Å². The minimum Gasteiger partial charge on any atom is -0.466 e. The summed E-state index contributed by atoms with van der Waals surface area (Å²) >= 11 is 0. The lowest BCUT2D eigenvalue weighted by atomic mass is 9.88. The smallest absolute Gasteiger partial charge is 0.407 e. The number of carbonyl (C=O) groups excluding carboxylic acids is 3. The largest absolute Gasteiger partial charge is 0.466 e. The van der Waals surface area contributed by atoms with Crippen LogP contribution in [0.5, 0.6) is 0 Å². The maximum Gasteiger partial charge on any atom is 0.407 e. The monoisotopic (exact) mass is 565 g/mol. The number of ether oxygens (including phenoxy) is 2. The van der Waals surface area contributed by atoms with Gasteiger partial charge in [-0.25, -0.2) is 4.79 Å². The molecule has 1 N–H and O–H groups in total. The molecule has 0 unspecified atom stereocenters. The molecule has 8 nitrogen and oxygen atoms in total. The van der Waals surface area contributed by atoms with Crippen LogP contribution in [0.25, 0.3) is 11.1 Å². The van der Waals surface area contributed by atoms with Crippen molar-refractivity contribution in [2.75, 3.05) is 19.7 Å². The average molecular weight is 566 g/mol. The van der Waals surface area contributed by atoms with Crippen molar-refractivity contribution in [1.29, 1.82) is 0 Å². The maximum atomic E-state index is 13.6. The van der Waals surface area contributed by atoms with Crippen LogP contribution in [-0.2, 0) is 38.4 Å². The molecule has 1 fully saturated rings. The second-order valence-corrected chi connectivity index (χ2v) is 12.4. The van der Waals surface area contributed by atoms with Crippen molar-refractivity contribution in [3.8, 4) is 11.1 Å². The van der Waals surface area contributed by atoms with Crippen LogP contribution in [0.3, 0.4) is 0 Å². The highest BCUT2D eigenvalue weighted by Crippen LogP contribution is 2.34. The van der Waals surface area contributed by atoms with E-state index in [1.165, 1.54) is 0 Å². The van der Waals surface area contributed by atoms with E-state index in [0.717, 1.165) is 45.6 Å². The summed E-state index contributed by atoms with van der Waals surface area (Å²) in [6.07, 6.45) is 1.63. The Bertz CT molecular complexity index is 1220. The van der Waals surface area contributed by atoms with Gasteiger partial charge in [0.05, 0.1) is 18.9 Å². The third-order valence-electron chi connectivity index (χ3n) is 7.24. The first-order chi connectivity index (χ1) is 19.3. The van der Waals surface area contributed by atoms with Crippen LogP contribution in [0.2, 0.25) is 0 Å². The van der Waals surface area contributed by atoms with E-state index >= 15 is 0 Å². The Morgan fingerprint density at radius 3 is 2.24 bits per heavy atom. The SMILES string of the molecule is CCOC(=O)C1CCN(C(=O)Cc2c(C)nc(CC(C)C)c(CNC(=O)OC(C)(C)C)c2-c2ccc(C)cc2)CC1. The van der Waals surface area contributed by atoms with Crippen LogP contribution < -0.4 is 5.32 Å². The van der Waals surface area contributed by atoms with Crippen molar-refractivity contribution < 1.29 is 23.9 Å². The van der Waals surface area contributed by atoms with Crippen LogP contribution in [0.15, 0.2) is 24.3 Å². The fourth-order valence-electron chi connectivity index (χ4n) is 5.24. The van der Waals surface area contributed by atoms with E-state index in [1.54, 1.807) is 0 Å². The van der Waals surface area contributed by atoms with E-state index in [4.69, 9.17) is 14.5 Å². The molecule has 3 rings (SSSR count). The predicted molar refractivity (Wildman–Crippen MR) is 160 cm³/mol. The zero-order valence-electron chi connectivity index (χ0n) is 26.1. The number of esters is 1. The number of piperidine rings is 1. The van der Waals surface area contributed by atoms with E-state index in [1.807, 2.05) is 46.4 Å². The summed E-state index contributed by atoms with van der Waals surface area (Å²) in [4.78, 5) is 45.3. The number of rotatable bonds is 9. The molecule has 0 atom stereocenters. The van der Waals surface area contributed by atoms with Crippen LogP contribution in [0, 0.1) is 25.7 Å². The zero-order chi connectivity index (χ0) is 30.3. The van der Waals surface area contributed by atoms with Crippen LogP contribution in [0.1, 0.15) is 82.5 Å². The molecule has 1 saturated heterocycles. The van der Waals surface area contributed by atoms with E-state index in [9.17, 15) is 14.4 Å². The van der Waals surface area contributed by atoms with E-state index in [-0.39, 0.29) is 30.8 Å². The molecule has 1 aliphatic rings. The molecule has 0 bridgehead atoms. The first-order valence-electron chi connectivity index (χ1n) is 14.8. The number of aromatic nitrogens is 1. The quantitative estimate of drug-likeness (QED) is 0.378. The highest BCUT2D eigenvalue weighted by atomic mass is 16.6. The van der Waals surface area contributed by atoms with Crippen molar-refractivity contribution in [3.05, 3.63) is 52.3 Å². The molecule has 0 spiro atoms. The third-order valence-corrected chi connectivity index (χ3v) is 7.24. The summed E-state index contributed by atoms with van der Waals surface area (Å²) in [7, 11) is 0. The molecule has 2 amide bonds. The number of amides is 2. The summed E-state index contributed by atoms with van der Waals surface area (Å²) in [5.74, 6) is 0.0185. The van der Waals surface area contributed by atoms with E-state index in [0.29, 0.717) is 38.5 Å². The van der Waals surface area contributed by atoms with Gasteiger partial charge in [-0.15, -0.1) is 0 Å². The fourth-order valence-corrected chi connectivity index (χ4v) is 5.24. The summed E-state index contributed by atoms with van der Waals surface area (Å²) in [5.41, 5.74) is 5.94. The lowest BCUT2D eigenvalue weighted by molar-refractivity contribution is -0.151. The average Bonchev–Trinajstić information content (AvgIpc) is 2.88. The molecule has 2 heterocycles. The molecule has 0 saturated carbocycles. The summed E-state index contributed by atoms with van der Waals surface area (Å²) in [6, 6.07) is 8.26. The van der Waals surface area contributed by atoms with Gasteiger partial charge in [-0.3, -0.25) is 14.6 Å². The van der Waals surface area contributed by atoms with Crippen molar-refractivity contribution in [1.82, 2.24) is 15.2 Å². The molecule has 0 radical (unpaired) electrons. The van der Waals surface area contributed by atoms with Gasteiger partial charge in [0.1, 0.15) is 5.60 Å². The minimum atomic E-state index is -0.617. The molecule has 0 aliphatic carbocycles. The molecule has 2 aromatic rings. The van der Waals surface area contributed by atoms with Crippen LogP contribution in [-0.4, -0.2) is 53.2 Å². The molecule has 224 valence electrons. The van der Waals surface area contributed by atoms with Gasteiger partial charge < -0.3 is 19.7 Å². The van der Waals surface area contributed by atoms with Crippen molar-refractivity contribution >= 4 is 18.0 Å². The molecule has 8 heteroatoms. The number of hydrogen-bond donors (Lipinski definition) is 1. The molecule has 1 aromatic carbocycles.